The highest BCUT2D eigenvalue weighted by atomic mass is 16.2. The quantitative estimate of drug-likeness (QED) is 0.631. The van der Waals surface area contributed by atoms with E-state index < -0.39 is 0 Å². The molecule has 0 radical (unpaired) electrons. The Balaban J connectivity index is 1.30. The van der Waals surface area contributed by atoms with Crippen LogP contribution in [0.2, 0.25) is 0 Å². The van der Waals surface area contributed by atoms with Crippen molar-refractivity contribution in [2.24, 2.45) is 0 Å². The monoisotopic (exact) mass is 406 g/mol. The summed E-state index contributed by atoms with van der Waals surface area (Å²) in [5.74, 6) is 0.129. The van der Waals surface area contributed by atoms with Gasteiger partial charge < -0.3 is 9.47 Å². The molecule has 0 bridgehead atoms. The highest BCUT2D eigenvalue weighted by Gasteiger charge is 2.20. The maximum Gasteiger partial charge on any atom is 0.253 e. The Labute approximate surface area is 177 Å². The summed E-state index contributed by atoms with van der Waals surface area (Å²) >= 11 is 0. The molecule has 1 saturated heterocycles. The number of carbonyl (C=O) groups is 1. The van der Waals surface area contributed by atoms with Crippen molar-refractivity contribution in [2.45, 2.75) is 33.4 Å². The van der Waals surface area contributed by atoms with E-state index in [0.29, 0.717) is 0 Å². The first-order chi connectivity index (χ1) is 14.6. The molecule has 0 saturated carbocycles. The van der Waals surface area contributed by atoms with Gasteiger partial charge in [0.25, 0.3) is 5.91 Å². The maximum atomic E-state index is 13.0. The van der Waals surface area contributed by atoms with Crippen molar-refractivity contribution in [1.82, 2.24) is 29.1 Å². The van der Waals surface area contributed by atoms with Gasteiger partial charge in [0.1, 0.15) is 0 Å². The lowest BCUT2D eigenvalue weighted by Gasteiger charge is -2.22. The van der Waals surface area contributed by atoms with Crippen molar-refractivity contribution in [3.8, 4) is 0 Å². The fourth-order valence-corrected chi connectivity index (χ4v) is 4.06. The number of aryl methyl sites for hydroxylation is 2. The highest BCUT2D eigenvalue weighted by Crippen LogP contribution is 2.12. The predicted molar refractivity (Wildman–Crippen MR) is 116 cm³/mol. The molecule has 1 aromatic carbocycles. The molecule has 0 N–H and O–H groups in total. The molecule has 7 nitrogen and oxygen atoms in total. The lowest BCUT2D eigenvalue weighted by Crippen LogP contribution is -2.36. The van der Waals surface area contributed by atoms with Gasteiger partial charge >= 0.3 is 0 Å². The first-order valence-electron chi connectivity index (χ1n) is 10.7. The molecule has 3 aromatic rings. The Hall–Kier alpha value is -2.93. The van der Waals surface area contributed by atoms with Crippen LogP contribution in [0.25, 0.3) is 0 Å². The molecule has 1 fully saturated rings. The van der Waals surface area contributed by atoms with E-state index in [0.717, 1.165) is 69.1 Å². The molecule has 158 valence electrons. The van der Waals surface area contributed by atoms with Crippen LogP contribution in [0.1, 0.15) is 33.7 Å². The van der Waals surface area contributed by atoms with Crippen molar-refractivity contribution in [3.05, 3.63) is 71.6 Å². The molecule has 1 amide bonds. The summed E-state index contributed by atoms with van der Waals surface area (Å²) in [6.45, 7) is 10.3. The topological polar surface area (TPSA) is 59.2 Å². The van der Waals surface area contributed by atoms with Crippen molar-refractivity contribution < 1.29 is 4.79 Å². The number of benzene rings is 1. The second-order valence-corrected chi connectivity index (χ2v) is 8.07. The van der Waals surface area contributed by atoms with Crippen LogP contribution in [0, 0.1) is 13.8 Å². The molecule has 1 aliphatic heterocycles. The molecule has 1 aliphatic rings. The van der Waals surface area contributed by atoms with Gasteiger partial charge in [-0.2, -0.15) is 5.10 Å². The normalized spacial score (nSPS) is 15.3. The van der Waals surface area contributed by atoms with E-state index in [1.165, 1.54) is 5.69 Å². The van der Waals surface area contributed by atoms with Crippen LogP contribution in [0.4, 0.5) is 0 Å². The third-order valence-electron chi connectivity index (χ3n) is 5.73. The molecule has 4 rings (SSSR count). The third-order valence-corrected chi connectivity index (χ3v) is 5.73. The molecule has 3 heterocycles. The number of hydrogen-bond acceptors (Lipinski definition) is 4. The Morgan fingerprint density at radius 3 is 2.57 bits per heavy atom. The average Bonchev–Trinajstić information content (AvgIpc) is 3.29. The molecule has 0 spiro atoms. The van der Waals surface area contributed by atoms with Crippen LogP contribution in [0.3, 0.4) is 0 Å². The zero-order valence-electron chi connectivity index (χ0n) is 17.9. The fourth-order valence-electron chi connectivity index (χ4n) is 4.06. The fraction of sp³-hybridized carbons (Fsp3) is 0.435. The lowest BCUT2D eigenvalue weighted by molar-refractivity contribution is 0.0761. The number of nitrogens with zero attached hydrogens (tertiary/aromatic N) is 6. The molecular weight excluding hydrogens is 376 g/mol. The smallest absolute Gasteiger partial charge is 0.253 e. The molecular formula is C23H30N6O. The van der Waals surface area contributed by atoms with Gasteiger partial charge in [-0.15, -0.1) is 0 Å². The van der Waals surface area contributed by atoms with Crippen LogP contribution in [-0.2, 0) is 13.1 Å². The van der Waals surface area contributed by atoms with E-state index in [4.69, 9.17) is 0 Å². The Morgan fingerprint density at radius 1 is 1.03 bits per heavy atom. The van der Waals surface area contributed by atoms with E-state index in [-0.39, 0.29) is 5.91 Å². The van der Waals surface area contributed by atoms with Gasteiger partial charge in [0.2, 0.25) is 0 Å². The zero-order valence-corrected chi connectivity index (χ0v) is 17.9. The molecule has 0 unspecified atom stereocenters. The summed E-state index contributed by atoms with van der Waals surface area (Å²) in [7, 11) is 0. The average molecular weight is 407 g/mol. The van der Waals surface area contributed by atoms with Crippen LogP contribution in [0.5, 0.6) is 0 Å². The summed E-state index contributed by atoms with van der Waals surface area (Å²) in [6, 6.07) is 10.1. The van der Waals surface area contributed by atoms with Gasteiger partial charge in [0.15, 0.2) is 0 Å². The SMILES string of the molecule is Cc1cc(C)n(CCN2CCCN(C(=O)c3ccc(Cn4ccnc4)cc3)CC2)n1. The molecule has 7 heteroatoms. The van der Waals surface area contributed by atoms with Gasteiger partial charge in [0, 0.05) is 56.4 Å². The van der Waals surface area contributed by atoms with Gasteiger partial charge in [-0.3, -0.25) is 14.4 Å². The maximum absolute atomic E-state index is 13.0. The number of rotatable bonds is 6. The second-order valence-electron chi connectivity index (χ2n) is 8.07. The van der Waals surface area contributed by atoms with Gasteiger partial charge in [-0.25, -0.2) is 4.98 Å². The van der Waals surface area contributed by atoms with Crippen molar-refractivity contribution in [3.63, 3.8) is 0 Å². The van der Waals surface area contributed by atoms with E-state index in [9.17, 15) is 4.79 Å². The molecule has 0 aliphatic carbocycles. The number of aromatic nitrogens is 4. The van der Waals surface area contributed by atoms with Crippen LogP contribution < -0.4 is 0 Å². The molecule has 30 heavy (non-hydrogen) atoms. The lowest BCUT2D eigenvalue weighted by atomic mass is 10.1. The Morgan fingerprint density at radius 2 is 1.87 bits per heavy atom. The van der Waals surface area contributed by atoms with Crippen molar-refractivity contribution in [2.75, 3.05) is 32.7 Å². The number of imidazole rings is 1. The number of amides is 1. The number of carbonyl (C=O) groups excluding carboxylic acids is 1. The van der Waals surface area contributed by atoms with Crippen molar-refractivity contribution >= 4 is 5.91 Å². The summed E-state index contributed by atoms with van der Waals surface area (Å²) < 4.78 is 4.10. The first-order valence-corrected chi connectivity index (χ1v) is 10.7. The minimum atomic E-state index is 0.129. The minimum absolute atomic E-state index is 0.129. The summed E-state index contributed by atoms with van der Waals surface area (Å²) in [5.41, 5.74) is 4.20. The molecule has 2 aromatic heterocycles. The van der Waals surface area contributed by atoms with E-state index in [1.54, 1.807) is 12.5 Å². The largest absolute Gasteiger partial charge is 0.337 e. The van der Waals surface area contributed by atoms with Crippen LogP contribution >= 0.6 is 0 Å². The Kier molecular flexibility index (Phi) is 6.28. The van der Waals surface area contributed by atoms with Gasteiger partial charge in [-0.1, -0.05) is 12.1 Å². The first kappa shape index (κ1) is 20.3. The zero-order chi connectivity index (χ0) is 20.9. The summed E-state index contributed by atoms with van der Waals surface area (Å²) in [6.07, 6.45) is 6.52. The van der Waals surface area contributed by atoms with Gasteiger partial charge in [-0.05, 0) is 50.6 Å². The minimum Gasteiger partial charge on any atom is -0.337 e. The third kappa shape index (κ3) is 4.97. The summed E-state index contributed by atoms with van der Waals surface area (Å²) in [4.78, 5) is 21.5. The van der Waals surface area contributed by atoms with E-state index >= 15 is 0 Å². The predicted octanol–water partition coefficient (Wildman–Crippen LogP) is 2.59. The standard InChI is InChI=1S/C23H30N6O/c1-19-16-20(2)29(25-19)15-13-26-9-3-10-28(14-12-26)23(30)22-6-4-21(5-7-22)17-27-11-8-24-18-27/h4-8,11,16,18H,3,9-10,12-15,17H2,1-2H3. The Bertz CT molecular complexity index is 960. The van der Waals surface area contributed by atoms with Crippen molar-refractivity contribution in [1.29, 1.82) is 0 Å². The van der Waals surface area contributed by atoms with E-state index in [2.05, 4.69) is 32.7 Å². The van der Waals surface area contributed by atoms with E-state index in [1.807, 2.05) is 46.9 Å². The van der Waals surface area contributed by atoms with Crippen LogP contribution in [0.15, 0.2) is 49.1 Å². The van der Waals surface area contributed by atoms with Crippen LogP contribution in [-0.4, -0.2) is 67.8 Å². The second kappa shape index (κ2) is 9.26. The highest BCUT2D eigenvalue weighted by molar-refractivity contribution is 5.94. The number of hydrogen-bond donors (Lipinski definition) is 0. The molecule has 0 atom stereocenters. The van der Waals surface area contributed by atoms with Gasteiger partial charge in [0.05, 0.1) is 18.6 Å². The summed E-state index contributed by atoms with van der Waals surface area (Å²) in [5, 5.41) is 4.55.